The van der Waals surface area contributed by atoms with E-state index in [1.54, 1.807) is 0 Å². The van der Waals surface area contributed by atoms with E-state index in [0.717, 1.165) is 5.57 Å². The van der Waals surface area contributed by atoms with Gasteiger partial charge in [-0.3, -0.25) is 4.55 Å². The minimum Gasteiger partial charge on any atom is -0.398 e. The van der Waals surface area contributed by atoms with Crippen molar-refractivity contribution in [3.63, 3.8) is 0 Å². The average Bonchev–Trinajstić information content (AvgIpc) is 2.15. The lowest BCUT2D eigenvalue weighted by Crippen LogP contribution is -2.20. The van der Waals surface area contributed by atoms with Gasteiger partial charge in [0.25, 0.3) is 10.1 Å². The Morgan fingerprint density at radius 3 is 2.35 bits per heavy atom. The van der Waals surface area contributed by atoms with E-state index in [1.807, 2.05) is 20.8 Å². The van der Waals surface area contributed by atoms with Crippen molar-refractivity contribution in [3.05, 3.63) is 35.9 Å². The largest absolute Gasteiger partial charge is 0.398 e. The van der Waals surface area contributed by atoms with E-state index in [2.05, 4.69) is 6.58 Å². The van der Waals surface area contributed by atoms with E-state index >= 15 is 0 Å². The number of nitrogen functional groups attached to an aromatic ring is 1. The number of hydrogen-bond donors (Lipinski definition) is 2. The van der Waals surface area contributed by atoms with E-state index in [1.165, 1.54) is 18.2 Å². The van der Waals surface area contributed by atoms with E-state index in [9.17, 15) is 8.42 Å². The fourth-order valence-electron chi connectivity index (χ4n) is 1.47. The molecule has 4 nitrogen and oxygen atoms in total. The second kappa shape index (κ2) is 4.16. The molecule has 17 heavy (non-hydrogen) atoms. The van der Waals surface area contributed by atoms with Crippen LogP contribution >= 0.6 is 0 Å². The minimum atomic E-state index is -4.21. The average molecular weight is 255 g/mol. The van der Waals surface area contributed by atoms with Crippen LogP contribution in [0.2, 0.25) is 0 Å². The van der Waals surface area contributed by atoms with Crippen molar-refractivity contribution in [1.82, 2.24) is 0 Å². The lowest BCUT2D eigenvalue weighted by atomic mass is 9.78. The molecule has 0 aliphatic rings. The Balaban J connectivity index is 3.50. The van der Waals surface area contributed by atoms with Crippen molar-refractivity contribution in [3.8, 4) is 0 Å². The molecular weight excluding hydrogens is 238 g/mol. The zero-order valence-corrected chi connectivity index (χ0v) is 11.0. The van der Waals surface area contributed by atoms with Crippen LogP contribution in [0.4, 0.5) is 5.69 Å². The predicted octanol–water partition coefficient (Wildman–Crippen LogP) is 2.37. The van der Waals surface area contributed by atoms with Gasteiger partial charge in [0.1, 0.15) is 0 Å². The highest BCUT2D eigenvalue weighted by atomic mass is 32.2. The predicted molar refractivity (Wildman–Crippen MR) is 68.5 cm³/mol. The summed E-state index contributed by atoms with van der Waals surface area (Å²) in [6.07, 6.45) is 0. The van der Waals surface area contributed by atoms with Crippen LogP contribution in [-0.2, 0) is 15.5 Å². The van der Waals surface area contributed by atoms with Crippen LogP contribution in [0.1, 0.15) is 26.3 Å². The molecule has 1 aromatic rings. The van der Waals surface area contributed by atoms with Gasteiger partial charge in [-0.2, -0.15) is 8.42 Å². The molecule has 0 saturated heterocycles. The SMILES string of the molecule is C=C(C)C(C)(C)c1cc(S(=O)(=O)O)ccc1N. The lowest BCUT2D eigenvalue weighted by molar-refractivity contribution is 0.482. The Morgan fingerprint density at radius 1 is 1.41 bits per heavy atom. The van der Waals surface area contributed by atoms with Crippen molar-refractivity contribution in [2.24, 2.45) is 0 Å². The molecule has 0 aromatic heterocycles. The molecule has 5 heteroatoms. The standard InChI is InChI=1S/C12H17NO3S/c1-8(2)12(3,4)10-7-9(17(14,15)16)5-6-11(10)13/h5-7H,1,13H2,2-4H3,(H,14,15,16). The number of allylic oxidation sites excluding steroid dienone is 1. The summed E-state index contributed by atoms with van der Waals surface area (Å²) in [5.74, 6) is 0. The molecule has 1 rings (SSSR count). The van der Waals surface area contributed by atoms with Crippen LogP contribution in [0.15, 0.2) is 35.2 Å². The molecule has 0 heterocycles. The molecule has 3 N–H and O–H groups in total. The molecule has 0 atom stereocenters. The molecule has 0 fully saturated rings. The van der Waals surface area contributed by atoms with Gasteiger partial charge in [0.15, 0.2) is 0 Å². The molecule has 0 saturated carbocycles. The first-order chi connectivity index (χ1) is 7.56. The van der Waals surface area contributed by atoms with Crippen molar-refractivity contribution in [1.29, 1.82) is 0 Å². The molecule has 0 aliphatic heterocycles. The number of nitrogens with two attached hydrogens (primary N) is 1. The fraction of sp³-hybridized carbons (Fsp3) is 0.333. The maximum atomic E-state index is 11.1. The molecule has 94 valence electrons. The van der Waals surface area contributed by atoms with E-state index < -0.39 is 15.5 Å². The number of anilines is 1. The summed E-state index contributed by atoms with van der Waals surface area (Å²) in [6, 6.07) is 4.14. The summed E-state index contributed by atoms with van der Waals surface area (Å²) in [7, 11) is -4.21. The Bertz CT molecular complexity index is 559. The van der Waals surface area contributed by atoms with Crippen LogP contribution in [0.5, 0.6) is 0 Å². The van der Waals surface area contributed by atoms with Gasteiger partial charge in [-0.15, -0.1) is 0 Å². The van der Waals surface area contributed by atoms with Gasteiger partial charge in [-0.25, -0.2) is 0 Å². The molecule has 0 spiro atoms. The maximum absolute atomic E-state index is 11.1. The molecule has 0 aliphatic carbocycles. The lowest BCUT2D eigenvalue weighted by Gasteiger charge is -2.27. The third-order valence-electron chi connectivity index (χ3n) is 3.06. The summed E-state index contributed by atoms with van der Waals surface area (Å²) < 4.78 is 31.2. The number of benzene rings is 1. The first-order valence-corrected chi connectivity index (χ1v) is 6.54. The molecule has 0 radical (unpaired) electrons. The van der Waals surface area contributed by atoms with Gasteiger partial charge in [-0.05, 0) is 30.7 Å². The van der Waals surface area contributed by atoms with Crippen molar-refractivity contribution in [2.75, 3.05) is 5.73 Å². The van der Waals surface area contributed by atoms with Crippen molar-refractivity contribution >= 4 is 15.8 Å². The van der Waals surface area contributed by atoms with Gasteiger partial charge in [-0.1, -0.05) is 26.0 Å². The summed E-state index contributed by atoms with van der Waals surface area (Å²) in [6.45, 7) is 9.51. The highest BCUT2D eigenvalue weighted by molar-refractivity contribution is 7.85. The second-order valence-corrected chi connectivity index (χ2v) is 6.05. The molecule has 0 bridgehead atoms. The van der Waals surface area contributed by atoms with Gasteiger partial charge < -0.3 is 5.73 Å². The third kappa shape index (κ3) is 2.68. The van der Waals surface area contributed by atoms with Gasteiger partial charge >= 0.3 is 0 Å². The van der Waals surface area contributed by atoms with Crippen LogP contribution in [0.25, 0.3) is 0 Å². The van der Waals surface area contributed by atoms with Gasteiger partial charge in [0.2, 0.25) is 0 Å². The van der Waals surface area contributed by atoms with Crippen molar-refractivity contribution in [2.45, 2.75) is 31.1 Å². The van der Waals surface area contributed by atoms with Gasteiger partial charge in [0, 0.05) is 11.1 Å². The minimum absolute atomic E-state index is 0.156. The number of hydrogen-bond acceptors (Lipinski definition) is 3. The Labute approximate surface area is 102 Å². The summed E-state index contributed by atoms with van der Waals surface area (Å²) in [5.41, 5.74) is 7.36. The van der Waals surface area contributed by atoms with E-state index in [0.29, 0.717) is 11.3 Å². The van der Waals surface area contributed by atoms with Crippen molar-refractivity contribution < 1.29 is 13.0 Å². The Morgan fingerprint density at radius 2 is 1.94 bits per heavy atom. The summed E-state index contributed by atoms with van der Waals surface area (Å²) >= 11 is 0. The number of rotatable bonds is 3. The van der Waals surface area contributed by atoms with Crippen LogP contribution in [0, 0.1) is 0 Å². The Hall–Kier alpha value is -1.33. The van der Waals surface area contributed by atoms with E-state index in [4.69, 9.17) is 10.3 Å². The smallest absolute Gasteiger partial charge is 0.294 e. The molecule has 0 unspecified atom stereocenters. The highest BCUT2D eigenvalue weighted by Crippen LogP contribution is 2.35. The molecule has 0 amide bonds. The first-order valence-electron chi connectivity index (χ1n) is 5.10. The van der Waals surface area contributed by atoms with E-state index in [-0.39, 0.29) is 4.90 Å². The van der Waals surface area contributed by atoms with Crippen LogP contribution in [-0.4, -0.2) is 13.0 Å². The normalized spacial score (nSPS) is 12.5. The topological polar surface area (TPSA) is 80.4 Å². The summed E-state index contributed by atoms with van der Waals surface area (Å²) in [4.78, 5) is -0.156. The quantitative estimate of drug-likeness (QED) is 0.493. The fourth-order valence-corrected chi connectivity index (χ4v) is 1.97. The van der Waals surface area contributed by atoms with Gasteiger partial charge in [0.05, 0.1) is 4.90 Å². The van der Waals surface area contributed by atoms with Crippen LogP contribution < -0.4 is 5.73 Å². The van der Waals surface area contributed by atoms with Crippen LogP contribution in [0.3, 0.4) is 0 Å². The summed E-state index contributed by atoms with van der Waals surface area (Å²) in [5, 5.41) is 0. The molecule has 1 aromatic carbocycles. The Kier molecular flexibility index (Phi) is 3.36. The maximum Gasteiger partial charge on any atom is 0.294 e. The first kappa shape index (κ1) is 13.7. The highest BCUT2D eigenvalue weighted by Gasteiger charge is 2.25. The second-order valence-electron chi connectivity index (χ2n) is 4.63. The zero-order valence-electron chi connectivity index (χ0n) is 10.2. The third-order valence-corrected chi connectivity index (χ3v) is 3.91. The monoisotopic (exact) mass is 255 g/mol. The zero-order chi connectivity index (χ0) is 13.4. The molecular formula is C12H17NO3S.